The smallest absolute Gasteiger partial charge is 0.0528 e. The molecule has 5 rings (SSSR count). The van der Waals surface area contributed by atoms with Crippen LogP contribution in [-0.2, 0) is 0 Å². The van der Waals surface area contributed by atoms with Gasteiger partial charge in [-0.15, -0.1) is 34.0 Å². The van der Waals surface area contributed by atoms with E-state index in [0.717, 1.165) is 0 Å². The van der Waals surface area contributed by atoms with E-state index < -0.39 is 0 Å². The first-order valence-electron chi connectivity index (χ1n) is 7.43. The topological polar surface area (TPSA) is 0 Å². The largest absolute Gasteiger partial charge is 0.143 e. The molecule has 2 aromatic carbocycles. The van der Waals surface area contributed by atoms with E-state index in [0.29, 0.717) is 0 Å². The minimum absolute atomic E-state index is 1.31. The molecule has 0 N–H and O–H groups in total. The molecule has 110 valence electrons. The Balaban J connectivity index is 1.92. The summed E-state index contributed by atoms with van der Waals surface area (Å²) in [6.45, 7) is 0. The van der Waals surface area contributed by atoms with Crippen molar-refractivity contribution in [3.05, 3.63) is 71.4 Å². The van der Waals surface area contributed by atoms with Gasteiger partial charge in [0.05, 0.1) is 9.75 Å². The fourth-order valence-corrected chi connectivity index (χ4v) is 6.00. The molecule has 0 atom stereocenters. The molecule has 0 fully saturated rings. The number of thiophene rings is 3. The Kier molecular flexibility index (Phi) is 3.11. The Morgan fingerprint density at radius 2 is 1.09 bits per heavy atom. The van der Waals surface area contributed by atoms with E-state index in [1.54, 1.807) is 0 Å². The lowest BCUT2D eigenvalue weighted by Gasteiger charge is -2.01. The highest BCUT2D eigenvalue weighted by molar-refractivity contribution is 7.27. The molecule has 3 heteroatoms. The Bertz CT molecular complexity index is 1010. The van der Waals surface area contributed by atoms with Crippen molar-refractivity contribution >= 4 is 55.6 Å². The maximum atomic E-state index is 2.35. The molecule has 3 heterocycles. The number of hydrogen-bond donors (Lipinski definition) is 0. The maximum absolute atomic E-state index is 2.35. The first-order valence-corrected chi connectivity index (χ1v) is 10.0. The van der Waals surface area contributed by atoms with Crippen molar-refractivity contribution in [2.75, 3.05) is 0 Å². The summed E-state index contributed by atoms with van der Waals surface area (Å²) in [6.07, 6.45) is 0. The van der Waals surface area contributed by atoms with Crippen molar-refractivity contribution in [2.24, 2.45) is 0 Å². The van der Waals surface area contributed by atoms with Crippen LogP contribution in [0.1, 0.15) is 0 Å². The molecule has 0 bridgehead atoms. The molecule has 0 aliphatic carbocycles. The number of fused-ring (bicyclic) bond motifs is 2. The summed E-state index contributed by atoms with van der Waals surface area (Å²) in [4.78, 5) is 5.50. The molecular weight excluding hydrogens is 336 g/mol. The monoisotopic (exact) mass is 348 g/mol. The van der Waals surface area contributed by atoms with Gasteiger partial charge in [-0.2, -0.15) is 0 Å². The Labute approximate surface area is 146 Å². The van der Waals surface area contributed by atoms with Gasteiger partial charge in [0.25, 0.3) is 0 Å². The Morgan fingerprint density at radius 1 is 0.565 bits per heavy atom. The minimum atomic E-state index is 1.31. The third-order valence-electron chi connectivity index (χ3n) is 4.07. The third-order valence-corrected chi connectivity index (χ3v) is 7.39. The van der Waals surface area contributed by atoms with Crippen LogP contribution in [0.3, 0.4) is 0 Å². The normalized spacial score (nSPS) is 11.5. The molecule has 0 radical (unpaired) electrons. The van der Waals surface area contributed by atoms with Crippen LogP contribution in [-0.4, -0.2) is 0 Å². The molecule has 0 aliphatic rings. The lowest BCUT2D eigenvalue weighted by molar-refractivity contribution is 1.81. The van der Waals surface area contributed by atoms with Crippen LogP contribution in [0.25, 0.3) is 41.1 Å². The summed E-state index contributed by atoms with van der Waals surface area (Å²) >= 11 is 5.56. The maximum Gasteiger partial charge on any atom is 0.0528 e. The SMILES string of the molecule is c1csc(-c2sc(-c3cccs3)c3cc4ccccc4cc23)c1. The molecule has 0 aliphatic heterocycles. The van der Waals surface area contributed by atoms with E-state index in [1.807, 2.05) is 34.0 Å². The lowest BCUT2D eigenvalue weighted by Crippen LogP contribution is -1.74. The van der Waals surface area contributed by atoms with Crippen LogP contribution < -0.4 is 0 Å². The van der Waals surface area contributed by atoms with Gasteiger partial charge in [-0.1, -0.05) is 36.4 Å². The number of hydrogen-bond acceptors (Lipinski definition) is 3. The van der Waals surface area contributed by atoms with Crippen LogP contribution >= 0.6 is 34.0 Å². The highest BCUT2D eigenvalue weighted by Gasteiger charge is 2.16. The van der Waals surface area contributed by atoms with E-state index in [9.17, 15) is 0 Å². The zero-order valence-electron chi connectivity index (χ0n) is 12.2. The standard InChI is InChI=1S/C20H12S3/c1-2-6-14-12-16-15(11-13(14)5-1)19(17-7-3-9-21-17)23-20(16)18-8-4-10-22-18/h1-12H. The third kappa shape index (κ3) is 2.16. The van der Waals surface area contributed by atoms with E-state index in [2.05, 4.69) is 71.4 Å². The average Bonchev–Trinajstić information content (AvgIpc) is 3.32. The van der Waals surface area contributed by atoms with Gasteiger partial charge in [-0.05, 0) is 45.8 Å². The van der Waals surface area contributed by atoms with Crippen LogP contribution in [0, 0.1) is 0 Å². The zero-order valence-corrected chi connectivity index (χ0v) is 14.6. The molecule has 0 saturated carbocycles. The van der Waals surface area contributed by atoms with Gasteiger partial charge in [0, 0.05) is 20.5 Å². The van der Waals surface area contributed by atoms with Crippen LogP contribution in [0.4, 0.5) is 0 Å². The summed E-state index contributed by atoms with van der Waals surface area (Å²) in [5.41, 5.74) is 0. The lowest BCUT2D eigenvalue weighted by atomic mass is 10.0. The van der Waals surface area contributed by atoms with Crippen molar-refractivity contribution < 1.29 is 0 Å². The molecule has 0 nitrogen and oxygen atoms in total. The molecule has 5 aromatic rings. The molecular formula is C20H12S3. The van der Waals surface area contributed by atoms with E-state index in [1.165, 1.54) is 41.1 Å². The van der Waals surface area contributed by atoms with Gasteiger partial charge in [-0.3, -0.25) is 0 Å². The van der Waals surface area contributed by atoms with Gasteiger partial charge in [0.1, 0.15) is 0 Å². The molecule has 23 heavy (non-hydrogen) atoms. The highest BCUT2D eigenvalue weighted by Crippen LogP contribution is 2.47. The van der Waals surface area contributed by atoms with E-state index >= 15 is 0 Å². The van der Waals surface area contributed by atoms with Crippen molar-refractivity contribution in [2.45, 2.75) is 0 Å². The molecule has 0 amide bonds. The summed E-state index contributed by atoms with van der Waals surface area (Å²) in [5.74, 6) is 0. The predicted octanol–water partition coefficient (Wildman–Crippen LogP) is 7.51. The highest BCUT2D eigenvalue weighted by atomic mass is 32.1. The van der Waals surface area contributed by atoms with Crippen molar-refractivity contribution in [3.63, 3.8) is 0 Å². The van der Waals surface area contributed by atoms with Crippen LogP contribution in [0.5, 0.6) is 0 Å². The first kappa shape index (κ1) is 13.5. The average molecular weight is 349 g/mol. The molecule has 0 unspecified atom stereocenters. The van der Waals surface area contributed by atoms with Crippen molar-refractivity contribution in [1.29, 1.82) is 0 Å². The summed E-state index contributed by atoms with van der Waals surface area (Å²) in [7, 11) is 0. The Morgan fingerprint density at radius 3 is 1.52 bits per heavy atom. The second-order valence-electron chi connectivity index (χ2n) is 5.46. The van der Waals surface area contributed by atoms with Crippen LogP contribution in [0.2, 0.25) is 0 Å². The van der Waals surface area contributed by atoms with Gasteiger partial charge in [0.15, 0.2) is 0 Å². The molecule has 0 spiro atoms. The molecule has 3 aromatic heterocycles. The molecule has 0 saturated heterocycles. The minimum Gasteiger partial charge on any atom is -0.143 e. The van der Waals surface area contributed by atoms with Crippen LogP contribution in [0.15, 0.2) is 71.4 Å². The van der Waals surface area contributed by atoms with E-state index in [4.69, 9.17) is 0 Å². The van der Waals surface area contributed by atoms with E-state index in [-0.39, 0.29) is 0 Å². The quantitative estimate of drug-likeness (QED) is 0.309. The second kappa shape index (κ2) is 5.31. The van der Waals surface area contributed by atoms with Crippen molar-refractivity contribution in [1.82, 2.24) is 0 Å². The van der Waals surface area contributed by atoms with Gasteiger partial charge in [0.2, 0.25) is 0 Å². The summed E-state index contributed by atoms with van der Waals surface area (Å²) in [6, 6.07) is 22.1. The summed E-state index contributed by atoms with van der Waals surface area (Å²) in [5, 5.41) is 9.69. The van der Waals surface area contributed by atoms with Gasteiger partial charge >= 0.3 is 0 Å². The first-order chi connectivity index (χ1) is 11.4. The zero-order chi connectivity index (χ0) is 15.2. The number of rotatable bonds is 2. The fraction of sp³-hybridized carbons (Fsp3) is 0. The second-order valence-corrected chi connectivity index (χ2v) is 8.38. The predicted molar refractivity (Wildman–Crippen MR) is 106 cm³/mol. The van der Waals surface area contributed by atoms with Crippen molar-refractivity contribution in [3.8, 4) is 19.5 Å². The summed E-state index contributed by atoms with van der Waals surface area (Å²) < 4.78 is 0. The van der Waals surface area contributed by atoms with Gasteiger partial charge in [-0.25, -0.2) is 0 Å². The fourth-order valence-electron chi connectivity index (χ4n) is 3.01. The van der Waals surface area contributed by atoms with Gasteiger partial charge < -0.3 is 0 Å². The number of benzene rings is 2. The Hall–Kier alpha value is -1.94.